The summed E-state index contributed by atoms with van der Waals surface area (Å²) in [6.07, 6.45) is 3.32. The third-order valence-electron chi connectivity index (χ3n) is 4.52. The Morgan fingerprint density at radius 1 is 1.28 bits per heavy atom. The highest BCUT2D eigenvalue weighted by molar-refractivity contribution is 5.75. The largest absolute Gasteiger partial charge is 0.496 e. The molecule has 0 aromatic heterocycles. The molecule has 0 saturated heterocycles. The SMILES string of the molecule is COc1cccc2c1CCCC2NCc1cccc(OCC(N)=O)c1. The number of carbonyl (C=O) groups is 1. The van der Waals surface area contributed by atoms with Crippen LogP contribution in [-0.2, 0) is 17.8 Å². The number of nitrogens with two attached hydrogens (primary N) is 1. The Morgan fingerprint density at radius 3 is 2.92 bits per heavy atom. The van der Waals surface area contributed by atoms with E-state index in [1.165, 1.54) is 11.1 Å². The van der Waals surface area contributed by atoms with E-state index in [0.717, 1.165) is 37.1 Å². The maximum atomic E-state index is 10.8. The molecule has 2 aromatic carbocycles. The van der Waals surface area contributed by atoms with Gasteiger partial charge < -0.3 is 20.5 Å². The van der Waals surface area contributed by atoms with Gasteiger partial charge in [0.25, 0.3) is 5.91 Å². The van der Waals surface area contributed by atoms with Gasteiger partial charge in [-0.1, -0.05) is 24.3 Å². The molecule has 132 valence electrons. The minimum Gasteiger partial charge on any atom is -0.496 e. The Kier molecular flexibility index (Phi) is 5.56. The van der Waals surface area contributed by atoms with E-state index in [4.69, 9.17) is 15.2 Å². The maximum Gasteiger partial charge on any atom is 0.255 e. The molecule has 1 unspecified atom stereocenters. The van der Waals surface area contributed by atoms with Crippen molar-refractivity contribution in [2.45, 2.75) is 31.8 Å². The van der Waals surface area contributed by atoms with Gasteiger partial charge in [-0.2, -0.15) is 0 Å². The van der Waals surface area contributed by atoms with Crippen LogP contribution in [-0.4, -0.2) is 19.6 Å². The van der Waals surface area contributed by atoms with Crippen LogP contribution in [0.1, 0.15) is 35.6 Å². The summed E-state index contributed by atoms with van der Waals surface area (Å²) in [6.45, 7) is 0.627. The van der Waals surface area contributed by atoms with Crippen molar-refractivity contribution in [1.82, 2.24) is 5.32 Å². The van der Waals surface area contributed by atoms with Gasteiger partial charge in [0, 0.05) is 12.6 Å². The summed E-state index contributed by atoms with van der Waals surface area (Å²) in [4.78, 5) is 10.8. The van der Waals surface area contributed by atoms with Crippen LogP contribution >= 0.6 is 0 Å². The summed E-state index contributed by atoms with van der Waals surface area (Å²) in [6, 6.07) is 14.3. The van der Waals surface area contributed by atoms with E-state index in [0.29, 0.717) is 11.8 Å². The Morgan fingerprint density at radius 2 is 2.12 bits per heavy atom. The topological polar surface area (TPSA) is 73.6 Å². The van der Waals surface area contributed by atoms with Gasteiger partial charge in [0.05, 0.1) is 7.11 Å². The van der Waals surface area contributed by atoms with Crippen LogP contribution < -0.4 is 20.5 Å². The van der Waals surface area contributed by atoms with Crippen molar-refractivity contribution < 1.29 is 14.3 Å². The molecule has 25 heavy (non-hydrogen) atoms. The Labute approximate surface area is 148 Å². The molecule has 3 rings (SSSR count). The van der Waals surface area contributed by atoms with E-state index >= 15 is 0 Å². The summed E-state index contributed by atoms with van der Waals surface area (Å²) >= 11 is 0. The number of nitrogens with one attached hydrogen (secondary N) is 1. The molecule has 0 saturated carbocycles. The predicted molar refractivity (Wildman–Crippen MR) is 96.6 cm³/mol. The van der Waals surface area contributed by atoms with Crippen LogP contribution in [0.5, 0.6) is 11.5 Å². The van der Waals surface area contributed by atoms with Crippen LogP contribution in [0.15, 0.2) is 42.5 Å². The van der Waals surface area contributed by atoms with Crippen molar-refractivity contribution in [3.05, 3.63) is 59.2 Å². The molecule has 0 aliphatic heterocycles. The molecule has 0 spiro atoms. The Hall–Kier alpha value is -2.53. The molecule has 0 heterocycles. The molecule has 1 amide bonds. The van der Waals surface area contributed by atoms with E-state index in [-0.39, 0.29) is 6.61 Å². The number of fused-ring (bicyclic) bond motifs is 1. The number of hydrogen-bond donors (Lipinski definition) is 2. The van der Waals surface area contributed by atoms with Crippen molar-refractivity contribution in [3.63, 3.8) is 0 Å². The molecule has 5 nitrogen and oxygen atoms in total. The van der Waals surface area contributed by atoms with Gasteiger partial charge in [0.15, 0.2) is 6.61 Å². The summed E-state index contributed by atoms with van der Waals surface area (Å²) < 4.78 is 10.9. The minimum absolute atomic E-state index is 0.104. The highest BCUT2D eigenvalue weighted by atomic mass is 16.5. The van der Waals surface area contributed by atoms with Crippen LogP contribution in [0, 0.1) is 0 Å². The number of carbonyl (C=O) groups excluding carboxylic acids is 1. The van der Waals surface area contributed by atoms with Crippen molar-refractivity contribution in [1.29, 1.82) is 0 Å². The zero-order valence-electron chi connectivity index (χ0n) is 14.5. The number of ether oxygens (including phenoxy) is 2. The summed E-state index contributed by atoms with van der Waals surface area (Å²) in [7, 11) is 1.73. The Bertz CT molecular complexity index is 745. The second-order valence-electron chi connectivity index (χ2n) is 6.26. The predicted octanol–water partition coefficient (Wildman–Crippen LogP) is 2.73. The van der Waals surface area contributed by atoms with E-state index in [1.54, 1.807) is 7.11 Å². The first-order chi connectivity index (χ1) is 12.2. The van der Waals surface area contributed by atoms with Gasteiger partial charge in [-0.25, -0.2) is 0 Å². The maximum absolute atomic E-state index is 10.8. The zero-order chi connectivity index (χ0) is 17.6. The van der Waals surface area contributed by atoms with Gasteiger partial charge in [0.1, 0.15) is 11.5 Å². The third kappa shape index (κ3) is 4.31. The molecule has 0 fully saturated rings. The molecule has 1 atom stereocenters. The third-order valence-corrected chi connectivity index (χ3v) is 4.52. The zero-order valence-corrected chi connectivity index (χ0v) is 14.5. The van der Waals surface area contributed by atoms with Crippen LogP contribution in [0.25, 0.3) is 0 Å². The number of methoxy groups -OCH3 is 1. The number of amides is 1. The summed E-state index contributed by atoms with van der Waals surface area (Å²) in [5.74, 6) is 1.16. The highest BCUT2D eigenvalue weighted by Gasteiger charge is 2.22. The summed E-state index contributed by atoms with van der Waals surface area (Å²) in [5, 5.41) is 3.63. The summed E-state index contributed by atoms with van der Waals surface area (Å²) in [5.41, 5.74) is 8.86. The molecular weight excluding hydrogens is 316 g/mol. The lowest BCUT2D eigenvalue weighted by Gasteiger charge is -2.28. The fourth-order valence-corrected chi connectivity index (χ4v) is 3.36. The van der Waals surface area contributed by atoms with Crippen molar-refractivity contribution in [3.8, 4) is 11.5 Å². The van der Waals surface area contributed by atoms with Crippen molar-refractivity contribution in [2.24, 2.45) is 5.73 Å². The Balaban J connectivity index is 1.67. The molecule has 0 bridgehead atoms. The highest BCUT2D eigenvalue weighted by Crippen LogP contribution is 2.35. The first-order valence-corrected chi connectivity index (χ1v) is 8.56. The van der Waals surface area contributed by atoms with E-state index < -0.39 is 5.91 Å². The lowest BCUT2D eigenvalue weighted by atomic mass is 9.87. The lowest BCUT2D eigenvalue weighted by Crippen LogP contribution is -2.25. The first kappa shape index (κ1) is 17.3. The van der Waals surface area contributed by atoms with E-state index in [1.807, 2.05) is 30.3 Å². The van der Waals surface area contributed by atoms with Crippen molar-refractivity contribution in [2.75, 3.05) is 13.7 Å². The van der Waals surface area contributed by atoms with Gasteiger partial charge in [0.2, 0.25) is 0 Å². The monoisotopic (exact) mass is 340 g/mol. The second kappa shape index (κ2) is 8.03. The fraction of sp³-hybridized carbons (Fsp3) is 0.350. The van der Waals surface area contributed by atoms with Crippen LogP contribution in [0.4, 0.5) is 0 Å². The van der Waals surface area contributed by atoms with E-state index in [9.17, 15) is 4.79 Å². The van der Waals surface area contributed by atoms with E-state index in [2.05, 4.69) is 17.4 Å². The smallest absolute Gasteiger partial charge is 0.255 e. The number of benzene rings is 2. The second-order valence-corrected chi connectivity index (χ2v) is 6.26. The van der Waals surface area contributed by atoms with Crippen LogP contribution in [0.3, 0.4) is 0 Å². The number of rotatable bonds is 7. The lowest BCUT2D eigenvalue weighted by molar-refractivity contribution is -0.119. The molecular formula is C20H24N2O3. The quantitative estimate of drug-likeness (QED) is 0.813. The van der Waals surface area contributed by atoms with Gasteiger partial charge in [-0.15, -0.1) is 0 Å². The number of hydrogen-bond acceptors (Lipinski definition) is 4. The van der Waals surface area contributed by atoms with Gasteiger partial charge >= 0.3 is 0 Å². The van der Waals surface area contributed by atoms with Crippen molar-refractivity contribution >= 4 is 5.91 Å². The molecule has 5 heteroatoms. The molecule has 3 N–H and O–H groups in total. The van der Waals surface area contributed by atoms with Gasteiger partial charge in [-0.3, -0.25) is 4.79 Å². The average molecular weight is 340 g/mol. The first-order valence-electron chi connectivity index (χ1n) is 8.56. The normalized spacial score (nSPS) is 16.1. The standard InChI is InChI=1S/C20H24N2O3/c1-24-19-10-4-7-16-17(19)8-3-9-18(16)22-12-14-5-2-6-15(11-14)25-13-20(21)23/h2,4-7,10-11,18,22H,3,8-9,12-13H2,1H3,(H2,21,23). The molecule has 1 aliphatic carbocycles. The van der Waals surface area contributed by atoms with Gasteiger partial charge in [-0.05, 0) is 54.2 Å². The fourth-order valence-electron chi connectivity index (χ4n) is 3.36. The average Bonchev–Trinajstić information content (AvgIpc) is 2.64. The van der Waals surface area contributed by atoms with Crippen LogP contribution in [0.2, 0.25) is 0 Å². The molecule has 1 aliphatic rings. The molecule has 2 aromatic rings. The number of primary amides is 1. The molecule has 0 radical (unpaired) electrons. The minimum atomic E-state index is -0.476.